The van der Waals surface area contributed by atoms with E-state index < -0.39 is 0 Å². The lowest BCUT2D eigenvalue weighted by atomic mass is 10.1. The summed E-state index contributed by atoms with van der Waals surface area (Å²) in [6.07, 6.45) is 0. The molecule has 0 unspecified atom stereocenters. The van der Waals surface area contributed by atoms with Crippen molar-refractivity contribution in [1.29, 1.82) is 0 Å². The number of rotatable bonds is 1. The van der Waals surface area contributed by atoms with Gasteiger partial charge in [0.1, 0.15) is 0 Å². The molecule has 0 atom stereocenters. The normalized spacial score (nSPS) is 10.1. The zero-order valence-corrected chi connectivity index (χ0v) is 8.81. The van der Waals surface area contributed by atoms with Gasteiger partial charge in [-0.2, -0.15) is 0 Å². The first kappa shape index (κ1) is 9.57. The molecule has 0 bridgehead atoms. The Morgan fingerprint density at radius 2 is 1.64 bits per heavy atom. The van der Waals surface area contributed by atoms with E-state index in [2.05, 4.69) is 6.07 Å². The van der Waals surface area contributed by atoms with E-state index in [0.717, 1.165) is 11.1 Å². The predicted octanol–water partition coefficient (Wildman–Crippen LogP) is 4.46. The van der Waals surface area contributed by atoms with E-state index >= 15 is 0 Å². The van der Waals surface area contributed by atoms with Crippen LogP contribution in [0, 0.1) is 6.07 Å². The minimum atomic E-state index is 0.654. The van der Waals surface area contributed by atoms with Crippen LogP contribution in [-0.2, 0) is 0 Å². The van der Waals surface area contributed by atoms with Crippen molar-refractivity contribution in [1.82, 2.24) is 0 Å². The number of hydrogen-bond acceptors (Lipinski definition) is 0. The van der Waals surface area contributed by atoms with Crippen LogP contribution in [0.25, 0.3) is 11.1 Å². The Balaban J connectivity index is 2.53. The highest BCUT2D eigenvalue weighted by atomic mass is 35.5. The summed E-state index contributed by atoms with van der Waals surface area (Å²) in [6.45, 7) is 0. The highest BCUT2D eigenvalue weighted by Crippen LogP contribution is 2.29. The molecule has 69 valence electrons. The molecule has 2 rings (SSSR count). The summed E-state index contributed by atoms with van der Waals surface area (Å²) in [4.78, 5) is 0. The molecule has 0 aromatic heterocycles. The second kappa shape index (κ2) is 4.04. The first-order chi connectivity index (χ1) is 6.77. The van der Waals surface area contributed by atoms with E-state index in [1.165, 1.54) is 0 Å². The van der Waals surface area contributed by atoms with Crippen LogP contribution in [0.2, 0.25) is 10.0 Å². The number of benzene rings is 2. The van der Waals surface area contributed by atoms with E-state index in [4.69, 9.17) is 23.2 Å². The maximum Gasteiger partial charge on any atom is 0.0499 e. The molecular weight excluding hydrogens is 215 g/mol. The smallest absolute Gasteiger partial charge is 0.0499 e. The van der Waals surface area contributed by atoms with Gasteiger partial charge in [-0.1, -0.05) is 53.5 Å². The van der Waals surface area contributed by atoms with Crippen molar-refractivity contribution in [2.75, 3.05) is 0 Å². The summed E-state index contributed by atoms with van der Waals surface area (Å²) in [5.41, 5.74) is 2.07. The molecule has 0 aliphatic heterocycles. The summed E-state index contributed by atoms with van der Waals surface area (Å²) in [6, 6.07) is 16.1. The van der Waals surface area contributed by atoms with Gasteiger partial charge in [0.2, 0.25) is 0 Å². The molecule has 0 spiro atoms. The zero-order chi connectivity index (χ0) is 9.97. The molecule has 14 heavy (non-hydrogen) atoms. The van der Waals surface area contributed by atoms with Crippen molar-refractivity contribution < 1.29 is 0 Å². The molecule has 0 fully saturated rings. The van der Waals surface area contributed by atoms with E-state index in [-0.39, 0.29) is 0 Å². The molecule has 1 radical (unpaired) electrons. The molecule has 0 saturated carbocycles. The Kier molecular flexibility index (Phi) is 2.76. The molecule has 0 aliphatic carbocycles. The van der Waals surface area contributed by atoms with Crippen LogP contribution in [-0.4, -0.2) is 0 Å². The Morgan fingerprint density at radius 3 is 2.29 bits per heavy atom. The maximum absolute atomic E-state index is 6.07. The van der Waals surface area contributed by atoms with Crippen LogP contribution in [0.4, 0.5) is 0 Å². The molecule has 0 N–H and O–H groups in total. The number of hydrogen-bond donors (Lipinski definition) is 0. The quantitative estimate of drug-likeness (QED) is 0.668. The van der Waals surface area contributed by atoms with Crippen molar-refractivity contribution in [3.63, 3.8) is 0 Å². The second-order valence-corrected chi connectivity index (χ2v) is 3.76. The van der Waals surface area contributed by atoms with Crippen molar-refractivity contribution in [2.24, 2.45) is 0 Å². The lowest BCUT2D eigenvalue weighted by Gasteiger charge is -2.03. The van der Waals surface area contributed by atoms with Gasteiger partial charge in [0.25, 0.3) is 0 Å². The Labute approximate surface area is 93.1 Å². The minimum Gasteiger partial charge on any atom is -0.0843 e. The third kappa shape index (κ3) is 1.92. The largest absolute Gasteiger partial charge is 0.0843 e. The molecule has 2 heteroatoms. The molecule has 2 aromatic carbocycles. The van der Waals surface area contributed by atoms with Crippen molar-refractivity contribution >= 4 is 23.2 Å². The van der Waals surface area contributed by atoms with Gasteiger partial charge in [0, 0.05) is 15.6 Å². The predicted molar refractivity (Wildman–Crippen MR) is 60.7 cm³/mol. The minimum absolute atomic E-state index is 0.654. The fraction of sp³-hybridized carbons (Fsp3) is 0. The Morgan fingerprint density at radius 1 is 0.929 bits per heavy atom. The topological polar surface area (TPSA) is 0 Å². The van der Waals surface area contributed by atoms with Crippen LogP contribution >= 0.6 is 23.2 Å². The van der Waals surface area contributed by atoms with E-state index in [0.29, 0.717) is 10.0 Å². The molecule has 0 heterocycles. The van der Waals surface area contributed by atoms with Gasteiger partial charge in [-0.25, -0.2) is 0 Å². The fourth-order valence-corrected chi connectivity index (χ4v) is 1.81. The summed E-state index contributed by atoms with van der Waals surface area (Å²) >= 11 is 11.9. The maximum atomic E-state index is 6.07. The van der Waals surface area contributed by atoms with Gasteiger partial charge >= 0.3 is 0 Å². The average Bonchev–Trinajstić information content (AvgIpc) is 2.19. The zero-order valence-electron chi connectivity index (χ0n) is 7.30. The summed E-state index contributed by atoms with van der Waals surface area (Å²) in [7, 11) is 0. The third-order valence-electron chi connectivity index (χ3n) is 1.96. The van der Waals surface area contributed by atoms with Gasteiger partial charge in [0.05, 0.1) is 0 Å². The lowest BCUT2D eigenvalue weighted by Crippen LogP contribution is -1.78. The van der Waals surface area contributed by atoms with E-state index in [9.17, 15) is 0 Å². The molecule has 2 aromatic rings. The monoisotopic (exact) mass is 221 g/mol. The first-order valence-corrected chi connectivity index (χ1v) is 4.94. The van der Waals surface area contributed by atoms with E-state index in [1.54, 1.807) is 6.07 Å². The average molecular weight is 222 g/mol. The van der Waals surface area contributed by atoms with Crippen molar-refractivity contribution in [2.45, 2.75) is 0 Å². The Bertz CT molecular complexity index is 435. The lowest BCUT2D eigenvalue weighted by molar-refractivity contribution is 1.61. The standard InChI is InChI=1S/C12H7Cl2/c13-10-6-7-11(12(14)8-10)9-4-2-1-3-5-9/h2-8H. The van der Waals surface area contributed by atoms with Crippen molar-refractivity contribution in [3.8, 4) is 11.1 Å². The van der Waals surface area contributed by atoms with Crippen LogP contribution < -0.4 is 0 Å². The van der Waals surface area contributed by atoms with Crippen LogP contribution in [0.1, 0.15) is 0 Å². The fourth-order valence-electron chi connectivity index (χ4n) is 1.29. The third-order valence-corrected chi connectivity index (χ3v) is 2.51. The molecule has 0 nitrogen and oxygen atoms in total. The van der Waals surface area contributed by atoms with Crippen LogP contribution in [0.3, 0.4) is 0 Å². The Hall–Kier alpha value is -0.980. The summed E-state index contributed by atoms with van der Waals surface area (Å²) < 4.78 is 0. The van der Waals surface area contributed by atoms with Crippen molar-refractivity contribution in [3.05, 3.63) is 58.6 Å². The van der Waals surface area contributed by atoms with Crippen LogP contribution in [0.15, 0.2) is 42.5 Å². The first-order valence-electron chi connectivity index (χ1n) is 4.19. The number of halogens is 2. The summed E-state index contributed by atoms with van der Waals surface area (Å²) in [5, 5.41) is 1.32. The van der Waals surface area contributed by atoms with Gasteiger partial charge in [-0.15, -0.1) is 0 Å². The molecule has 0 amide bonds. The highest BCUT2D eigenvalue weighted by Gasteiger charge is 2.02. The van der Waals surface area contributed by atoms with Gasteiger partial charge < -0.3 is 0 Å². The van der Waals surface area contributed by atoms with Crippen LogP contribution in [0.5, 0.6) is 0 Å². The molecular formula is C12H7Cl2. The van der Waals surface area contributed by atoms with E-state index in [1.807, 2.05) is 36.4 Å². The highest BCUT2D eigenvalue weighted by molar-refractivity contribution is 6.36. The molecule has 0 saturated heterocycles. The van der Waals surface area contributed by atoms with Gasteiger partial charge in [-0.3, -0.25) is 0 Å². The SMILES string of the molecule is Clc1ccc(-c2cc[c]cc2)c(Cl)c1. The summed E-state index contributed by atoms with van der Waals surface area (Å²) in [5.74, 6) is 0. The molecule has 0 aliphatic rings. The van der Waals surface area contributed by atoms with Gasteiger partial charge in [-0.05, 0) is 23.8 Å². The van der Waals surface area contributed by atoms with Gasteiger partial charge in [0.15, 0.2) is 0 Å². The second-order valence-electron chi connectivity index (χ2n) is 2.91.